The van der Waals surface area contributed by atoms with E-state index in [4.69, 9.17) is 9.15 Å². The summed E-state index contributed by atoms with van der Waals surface area (Å²) in [6.45, 7) is 6.63. The van der Waals surface area contributed by atoms with E-state index < -0.39 is 0 Å². The van der Waals surface area contributed by atoms with E-state index in [2.05, 4.69) is 36.1 Å². The van der Waals surface area contributed by atoms with Crippen LogP contribution in [-0.4, -0.2) is 31.2 Å². The van der Waals surface area contributed by atoms with E-state index in [1.807, 2.05) is 0 Å². The Bertz CT molecular complexity index is 512. The van der Waals surface area contributed by atoms with Crippen molar-refractivity contribution in [1.29, 1.82) is 0 Å². The molecule has 2 heterocycles. The number of ether oxygens (including phenoxy) is 1. The summed E-state index contributed by atoms with van der Waals surface area (Å²) >= 11 is 0. The molecule has 0 spiro atoms. The van der Waals surface area contributed by atoms with Crippen molar-refractivity contribution in [3.8, 4) is 0 Å². The van der Waals surface area contributed by atoms with Gasteiger partial charge >= 0.3 is 0 Å². The largest absolute Gasteiger partial charge is 0.460 e. The van der Waals surface area contributed by atoms with Crippen molar-refractivity contribution < 1.29 is 9.15 Å². The first-order valence-corrected chi connectivity index (χ1v) is 6.10. The van der Waals surface area contributed by atoms with Crippen molar-refractivity contribution in [3.63, 3.8) is 0 Å². The third-order valence-corrected chi connectivity index (χ3v) is 3.21. The molecular weight excluding hydrogens is 214 g/mol. The predicted octanol–water partition coefficient (Wildman–Crippen LogP) is 2.57. The highest BCUT2D eigenvalue weighted by molar-refractivity contribution is 5.78. The van der Waals surface area contributed by atoms with E-state index >= 15 is 0 Å². The average molecular weight is 231 g/mol. The van der Waals surface area contributed by atoms with Gasteiger partial charge in [-0.05, 0) is 24.6 Å². The minimum Gasteiger partial charge on any atom is -0.460 e. The number of fused-ring (bicyclic) bond motifs is 1. The van der Waals surface area contributed by atoms with Gasteiger partial charge in [-0.25, -0.2) is 0 Å². The van der Waals surface area contributed by atoms with Gasteiger partial charge in [0, 0.05) is 18.5 Å². The molecular formula is C14H17NO2. The van der Waals surface area contributed by atoms with Crippen LogP contribution in [0.5, 0.6) is 0 Å². The quantitative estimate of drug-likeness (QED) is 0.794. The first-order valence-electron chi connectivity index (χ1n) is 6.10. The fraction of sp³-hybridized carbons (Fsp3) is 0.429. The Hall–Kier alpha value is -1.32. The average Bonchev–Trinajstić information content (AvgIpc) is 2.71. The summed E-state index contributed by atoms with van der Waals surface area (Å²) in [7, 11) is 0. The lowest BCUT2D eigenvalue weighted by Crippen LogP contribution is -2.35. The van der Waals surface area contributed by atoms with Crippen LogP contribution in [0.2, 0.25) is 0 Å². The first kappa shape index (κ1) is 10.8. The Morgan fingerprint density at radius 2 is 2.00 bits per heavy atom. The van der Waals surface area contributed by atoms with Crippen molar-refractivity contribution in [2.75, 3.05) is 26.3 Å². The summed E-state index contributed by atoms with van der Waals surface area (Å²) < 4.78 is 11.2. The zero-order chi connectivity index (χ0) is 11.7. The van der Waals surface area contributed by atoms with Crippen molar-refractivity contribution in [3.05, 3.63) is 35.6 Å². The summed E-state index contributed by atoms with van der Waals surface area (Å²) in [4.78, 5) is 2.37. The van der Waals surface area contributed by atoms with Gasteiger partial charge < -0.3 is 9.15 Å². The molecule has 1 aliphatic rings. The molecule has 1 aliphatic heterocycles. The number of hydrogen-bond donors (Lipinski definition) is 0. The predicted molar refractivity (Wildman–Crippen MR) is 67.0 cm³/mol. The van der Waals surface area contributed by atoms with E-state index in [1.165, 1.54) is 10.9 Å². The van der Waals surface area contributed by atoms with Crippen molar-refractivity contribution >= 4 is 11.0 Å². The number of morpholine rings is 1. The van der Waals surface area contributed by atoms with Crippen molar-refractivity contribution in [2.24, 2.45) is 0 Å². The van der Waals surface area contributed by atoms with Crippen LogP contribution in [-0.2, 0) is 11.3 Å². The SMILES string of the molecule is Cc1ccc2cc(CN3CCOCC3)oc2c1. The van der Waals surface area contributed by atoms with Crippen molar-refractivity contribution in [2.45, 2.75) is 13.5 Å². The third kappa shape index (κ3) is 2.35. The first-order chi connectivity index (χ1) is 8.31. The molecule has 1 fully saturated rings. The molecule has 1 saturated heterocycles. The van der Waals surface area contributed by atoms with Gasteiger partial charge in [0.1, 0.15) is 11.3 Å². The van der Waals surface area contributed by atoms with E-state index in [9.17, 15) is 0 Å². The Balaban J connectivity index is 1.80. The molecule has 2 aromatic rings. The third-order valence-electron chi connectivity index (χ3n) is 3.21. The fourth-order valence-electron chi connectivity index (χ4n) is 2.25. The monoisotopic (exact) mass is 231 g/mol. The van der Waals surface area contributed by atoms with E-state index in [0.29, 0.717) is 0 Å². The summed E-state index contributed by atoms with van der Waals surface area (Å²) in [5.41, 5.74) is 2.23. The lowest BCUT2D eigenvalue weighted by molar-refractivity contribution is 0.0315. The van der Waals surface area contributed by atoms with Gasteiger partial charge in [0.2, 0.25) is 0 Å². The van der Waals surface area contributed by atoms with Gasteiger partial charge in [-0.1, -0.05) is 12.1 Å². The highest BCUT2D eigenvalue weighted by Gasteiger charge is 2.13. The number of benzene rings is 1. The summed E-state index contributed by atoms with van der Waals surface area (Å²) in [6.07, 6.45) is 0. The second-order valence-electron chi connectivity index (χ2n) is 4.64. The van der Waals surface area contributed by atoms with Crippen LogP contribution in [0.25, 0.3) is 11.0 Å². The number of aryl methyl sites for hydroxylation is 1. The second-order valence-corrected chi connectivity index (χ2v) is 4.64. The smallest absolute Gasteiger partial charge is 0.134 e. The standard InChI is InChI=1S/C14H17NO2/c1-11-2-3-12-9-13(17-14(12)8-11)10-15-4-6-16-7-5-15/h2-3,8-9H,4-7,10H2,1H3. The summed E-state index contributed by atoms with van der Waals surface area (Å²) in [6, 6.07) is 8.48. The normalized spacial score (nSPS) is 17.7. The molecule has 3 heteroatoms. The van der Waals surface area contributed by atoms with E-state index in [-0.39, 0.29) is 0 Å². The molecule has 0 radical (unpaired) electrons. The topological polar surface area (TPSA) is 25.6 Å². The van der Waals surface area contributed by atoms with Crippen LogP contribution in [0.3, 0.4) is 0 Å². The van der Waals surface area contributed by atoms with Gasteiger partial charge in [0.15, 0.2) is 0 Å². The van der Waals surface area contributed by atoms with Gasteiger partial charge in [-0.15, -0.1) is 0 Å². The second kappa shape index (κ2) is 4.51. The Kier molecular flexibility index (Phi) is 2.87. The number of rotatable bonds is 2. The van der Waals surface area contributed by atoms with Crippen molar-refractivity contribution in [1.82, 2.24) is 4.90 Å². The molecule has 3 rings (SSSR count). The molecule has 3 nitrogen and oxygen atoms in total. The summed E-state index contributed by atoms with van der Waals surface area (Å²) in [5.74, 6) is 1.05. The molecule has 0 amide bonds. The molecule has 0 N–H and O–H groups in total. The Labute approximate surface area is 101 Å². The molecule has 0 atom stereocenters. The number of nitrogens with zero attached hydrogens (tertiary/aromatic N) is 1. The minimum atomic E-state index is 0.833. The van der Waals surface area contributed by atoms with Crippen LogP contribution in [0.4, 0.5) is 0 Å². The molecule has 1 aromatic heterocycles. The van der Waals surface area contributed by atoms with Gasteiger partial charge in [-0.2, -0.15) is 0 Å². The molecule has 0 bridgehead atoms. The van der Waals surface area contributed by atoms with Crippen LogP contribution < -0.4 is 0 Å². The van der Waals surface area contributed by atoms with Crippen LogP contribution in [0, 0.1) is 6.92 Å². The molecule has 90 valence electrons. The highest BCUT2D eigenvalue weighted by Crippen LogP contribution is 2.21. The van der Waals surface area contributed by atoms with Gasteiger partial charge in [0.25, 0.3) is 0 Å². The zero-order valence-electron chi connectivity index (χ0n) is 10.1. The number of hydrogen-bond acceptors (Lipinski definition) is 3. The van der Waals surface area contributed by atoms with E-state index in [1.54, 1.807) is 0 Å². The molecule has 0 saturated carbocycles. The zero-order valence-corrected chi connectivity index (χ0v) is 10.1. The lowest BCUT2D eigenvalue weighted by Gasteiger charge is -2.25. The van der Waals surface area contributed by atoms with Crippen LogP contribution >= 0.6 is 0 Å². The molecule has 0 aliphatic carbocycles. The fourth-order valence-corrected chi connectivity index (χ4v) is 2.25. The molecule has 1 aromatic carbocycles. The van der Waals surface area contributed by atoms with Gasteiger partial charge in [0.05, 0.1) is 19.8 Å². The van der Waals surface area contributed by atoms with E-state index in [0.717, 1.165) is 44.2 Å². The summed E-state index contributed by atoms with van der Waals surface area (Å²) in [5, 5.41) is 1.19. The minimum absolute atomic E-state index is 0.833. The number of furan rings is 1. The maximum Gasteiger partial charge on any atom is 0.134 e. The van der Waals surface area contributed by atoms with Crippen LogP contribution in [0.15, 0.2) is 28.7 Å². The molecule has 0 unspecified atom stereocenters. The maximum absolute atomic E-state index is 5.87. The molecule has 17 heavy (non-hydrogen) atoms. The van der Waals surface area contributed by atoms with Crippen LogP contribution in [0.1, 0.15) is 11.3 Å². The highest BCUT2D eigenvalue weighted by atomic mass is 16.5. The lowest BCUT2D eigenvalue weighted by atomic mass is 10.2. The Morgan fingerprint density at radius 1 is 1.18 bits per heavy atom. The Morgan fingerprint density at radius 3 is 2.82 bits per heavy atom. The maximum atomic E-state index is 5.87. The van der Waals surface area contributed by atoms with Gasteiger partial charge in [-0.3, -0.25) is 4.90 Å².